The molecule has 1 aromatic rings. The van der Waals surface area contributed by atoms with Crippen molar-refractivity contribution in [2.45, 2.75) is 18.4 Å². The van der Waals surface area contributed by atoms with E-state index in [1.54, 1.807) is 0 Å². The van der Waals surface area contributed by atoms with E-state index in [-0.39, 0.29) is 22.4 Å². The number of nitrogens with one attached hydrogen (secondary N) is 3. The Kier molecular flexibility index (Phi) is 5.91. The molecule has 18 heteroatoms. The van der Waals surface area contributed by atoms with Crippen molar-refractivity contribution >= 4 is 58.4 Å². The van der Waals surface area contributed by atoms with Gasteiger partial charge in [-0.25, -0.2) is 9.13 Å². The van der Waals surface area contributed by atoms with Crippen molar-refractivity contribution in [1.29, 1.82) is 0 Å². The zero-order chi connectivity index (χ0) is 20.9. The molecular weight excluding hydrogens is 460 g/mol. The summed E-state index contributed by atoms with van der Waals surface area (Å²) in [7, 11) is -10.3. The van der Waals surface area contributed by atoms with Gasteiger partial charge >= 0.3 is 15.6 Å². The van der Waals surface area contributed by atoms with Crippen molar-refractivity contribution in [2.75, 3.05) is 23.0 Å². The molecule has 1 aromatic heterocycles. The number of hydrogen-bond donors (Lipinski definition) is 9. The molecule has 1 unspecified atom stereocenters. The van der Waals surface area contributed by atoms with Crippen LogP contribution in [0.25, 0.3) is 0 Å². The first-order valence-corrected chi connectivity index (χ1v) is 11.2. The molecule has 3 rings (SSSR count). The van der Waals surface area contributed by atoms with Gasteiger partial charge in [0.25, 0.3) is 5.56 Å². The van der Waals surface area contributed by atoms with E-state index in [1.165, 1.54) is 0 Å². The molecule has 0 saturated carbocycles. The van der Waals surface area contributed by atoms with Gasteiger partial charge in [-0.1, -0.05) is 0 Å². The largest absolute Gasteiger partial charge is 0.481 e. The van der Waals surface area contributed by atoms with Gasteiger partial charge in [-0.05, 0) is 0 Å². The van der Waals surface area contributed by atoms with E-state index in [0.717, 1.165) is 0 Å². The number of nitrogen functional groups attached to an aromatic ring is 1. The average Bonchev–Trinajstić information content (AvgIpc) is 2.53. The van der Waals surface area contributed by atoms with E-state index < -0.39 is 46.2 Å². The van der Waals surface area contributed by atoms with Gasteiger partial charge in [-0.15, -0.1) is 25.3 Å². The fourth-order valence-electron chi connectivity index (χ4n) is 2.51. The number of hydrogen-bond acceptors (Lipinski definition) is 12. The number of ether oxygens (including phenoxy) is 1. The molecule has 3 heterocycles. The van der Waals surface area contributed by atoms with Gasteiger partial charge in [0.05, 0.1) is 6.61 Å². The molecular formula is C10H15N5O9P2S2. The second-order valence-electron chi connectivity index (χ2n) is 5.59. The van der Waals surface area contributed by atoms with Gasteiger partial charge in [0.15, 0.2) is 12.0 Å². The Morgan fingerprint density at radius 1 is 1.21 bits per heavy atom. The third kappa shape index (κ3) is 4.74. The predicted octanol–water partition coefficient (Wildman–Crippen LogP) is -0.420. The van der Waals surface area contributed by atoms with Crippen molar-refractivity contribution in [3.63, 3.8) is 0 Å². The zero-order valence-electron chi connectivity index (χ0n) is 13.5. The first-order chi connectivity index (χ1) is 12.9. The summed E-state index contributed by atoms with van der Waals surface area (Å²) in [4.78, 5) is 45.4. The number of nitrogens with zero attached hydrogens (tertiary/aromatic N) is 1. The number of H-pyrrole nitrogens is 1. The number of nitrogens with two attached hydrogens (primary N) is 1. The summed E-state index contributed by atoms with van der Waals surface area (Å²) in [6.07, 6.45) is -1.90. The first kappa shape index (κ1) is 21.6. The predicted molar refractivity (Wildman–Crippen MR) is 103 cm³/mol. The molecule has 156 valence electrons. The van der Waals surface area contributed by atoms with Crippen LogP contribution in [0.4, 0.5) is 17.5 Å². The molecule has 0 bridgehead atoms. The number of fused-ring (bicyclic) bond motifs is 2. The molecule has 0 aromatic carbocycles. The van der Waals surface area contributed by atoms with E-state index in [0.29, 0.717) is 4.91 Å². The molecule has 0 radical (unpaired) electrons. The van der Waals surface area contributed by atoms with Crippen LogP contribution in [0, 0.1) is 0 Å². The van der Waals surface area contributed by atoms with Crippen molar-refractivity contribution in [2.24, 2.45) is 0 Å². The Bertz CT molecular complexity index is 981. The fraction of sp³-hybridized carbons (Fsp3) is 0.400. The highest BCUT2D eigenvalue weighted by molar-refractivity contribution is 7.88. The first-order valence-electron chi connectivity index (χ1n) is 7.31. The SMILES string of the molecule is Nc1nc2c(c(=O)[nH]1)N[C@H]1C(S)=C(S)[C@@H](COP(=O)(O)OP(=O)(O)O)O[C@H]1N2. The molecule has 0 aliphatic carbocycles. The summed E-state index contributed by atoms with van der Waals surface area (Å²) >= 11 is 8.58. The van der Waals surface area contributed by atoms with Crippen LogP contribution in [0.3, 0.4) is 0 Å². The molecule has 2 aliphatic heterocycles. The maximum atomic E-state index is 12.0. The summed E-state index contributed by atoms with van der Waals surface area (Å²) in [5.41, 5.74) is 5.10. The number of phosphoric acid groups is 2. The molecule has 2 aliphatic rings. The molecule has 4 atom stereocenters. The van der Waals surface area contributed by atoms with Gasteiger partial charge in [0.1, 0.15) is 17.8 Å². The monoisotopic (exact) mass is 475 g/mol. The summed E-state index contributed by atoms with van der Waals surface area (Å²) in [6, 6.07) is -0.654. The average molecular weight is 475 g/mol. The van der Waals surface area contributed by atoms with Gasteiger partial charge in [0, 0.05) is 9.81 Å². The standard InChI is InChI=1S/C10H15N5O9P2S2/c11-10-14-7-4(8(16)15-10)12-3-6(28)5(27)2(23-9(3)13-7)1-22-26(20,21)24-25(17,18)19/h2-3,9,12,27-28H,1H2,(H,20,21)(H2,17,18,19)(H4,11,13,14,15,16)/t2-,3+,9-/m1/s1. The lowest BCUT2D eigenvalue weighted by Gasteiger charge is -2.41. The number of aromatic nitrogens is 2. The van der Waals surface area contributed by atoms with Crippen LogP contribution in [0.1, 0.15) is 0 Å². The van der Waals surface area contributed by atoms with Crippen LogP contribution in [0.2, 0.25) is 0 Å². The Morgan fingerprint density at radius 3 is 2.54 bits per heavy atom. The fourth-order valence-corrected chi connectivity index (χ4v) is 4.71. The number of thiol groups is 2. The second kappa shape index (κ2) is 7.65. The normalized spacial score (nSPS) is 26.5. The van der Waals surface area contributed by atoms with E-state index in [1.807, 2.05) is 0 Å². The number of anilines is 3. The Hall–Kier alpha value is -1.06. The van der Waals surface area contributed by atoms with Crippen LogP contribution in [0.15, 0.2) is 14.6 Å². The van der Waals surface area contributed by atoms with Crippen LogP contribution >= 0.6 is 40.9 Å². The minimum absolute atomic E-state index is 0.108. The van der Waals surface area contributed by atoms with Gasteiger partial charge in [0.2, 0.25) is 5.95 Å². The summed E-state index contributed by atoms with van der Waals surface area (Å²) < 4.78 is 36.3. The van der Waals surface area contributed by atoms with E-state index in [2.05, 4.69) is 54.7 Å². The smallest absolute Gasteiger partial charge is 0.369 e. The topological polar surface area (TPSA) is 218 Å². The Morgan fingerprint density at radius 2 is 1.89 bits per heavy atom. The summed E-state index contributed by atoms with van der Waals surface area (Å²) in [6.45, 7) is -0.640. The molecule has 0 amide bonds. The second-order valence-corrected chi connectivity index (χ2v) is 9.39. The summed E-state index contributed by atoms with van der Waals surface area (Å²) in [5.74, 6) is -0.0110. The molecule has 8 N–H and O–H groups in total. The third-order valence-corrected chi connectivity index (χ3v) is 6.97. The molecule has 0 saturated heterocycles. The number of aromatic amines is 1. The number of phosphoric ester groups is 1. The van der Waals surface area contributed by atoms with Crippen molar-refractivity contribution in [3.05, 3.63) is 20.2 Å². The highest BCUT2D eigenvalue weighted by Gasteiger charge is 2.41. The lowest BCUT2D eigenvalue weighted by Crippen LogP contribution is -2.52. The molecule has 14 nitrogen and oxygen atoms in total. The highest BCUT2D eigenvalue weighted by atomic mass is 32.1. The third-order valence-electron chi connectivity index (χ3n) is 3.59. The lowest BCUT2D eigenvalue weighted by atomic mass is 10.1. The van der Waals surface area contributed by atoms with Crippen LogP contribution in [-0.2, 0) is 22.7 Å². The van der Waals surface area contributed by atoms with E-state index >= 15 is 0 Å². The van der Waals surface area contributed by atoms with Gasteiger partial charge < -0.3 is 35.8 Å². The van der Waals surface area contributed by atoms with Crippen molar-refractivity contribution in [1.82, 2.24) is 9.97 Å². The molecule has 28 heavy (non-hydrogen) atoms. The van der Waals surface area contributed by atoms with E-state index in [9.17, 15) is 18.8 Å². The number of rotatable bonds is 5. The minimum Gasteiger partial charge on any atom is -0.369 e. The lowest BCUT2D eigenvalue weighted by molar-refractivity contribution is -0.0153. The maximum Gasteiger partial charge on any atom is 0.481 e. The van der Waals surface area contributed by atoms with Crippen LogP contribution < -0.4 is 21.9 Å². The maximum absolute atomic E-state index is 12.0. The zero-order valence-corrected chi connectivity index (χ0v) is 17.1. The van der Waals surface area contributed by atoms with Gasteiger partial charge in [-0.2, -0.15) is 9.29 Å². The van der Waals surface area contributed by atoms with Gasteiger partial charge in [-0.3, -0.25) is 14.3 Å². The summed E-state index contributed by atoms with van der Waals surface area (Å²) in [5, 5.41) is 5.73. The Balaban J connectivity index is 1.79. The van der Waals surface area contributed by atoms with Crippen LogP contribution in [-0.4, -0.2) is 49.6 Å². The van der Waals surface area contributed by atoms with Crippen molar-refractivity contribution in [3.8, 4) is 0 Å². The van der Waals surface area contributed by atoms with Crippen LogP contribution in [0.5, 0.6) is 0 Å². The highest BCUT2D eigenvalue weighted by Crippen LogP contribution is 2.57. The van der Waals surface area contributed by atoms with Crippen molar-refractivity contribution < 1.29 is 37.4 Å². The quantitative estimate of drug-likeness (QED) is 0.195. The van der Waals surface area contributed by atoms with E-state index in [4.69, 9.17) is 20.3 Å². The molecule has 0 spiro atoms. The Labute approximate surface area is 167 Å². The minimum atomic E-state index is -5.25. The molecule has 0 fully saturated rings.